The molecule has 0 radical (unpaired) electrons. The fraction of sp³-hybridized carbons (Fsp3) is 0.360. The van der Waals surface area contributed by atoms with Gasteiger partial charge in [0.2, 0.25) is 0 Å². The molecule has 0 bridgehead atoms. The normalized spacial score (nSPS) is 15.7. The molecule has 33 heavy (non-hydrogen) atoms. The van der Waals surface area contributed by atoms with E-state index in [9.17, 15) is 4.79 Å². The molecule has 3 aromatic heterocycles. The average molecular weight is 444 g/mol. The highest BCUT2D eigenvalue weighted by Gasteiger charge is 2.26. The van der Waals surface area contributed by atoms with Gasteiger partial charge in [-0.05, 0) is 50.1 Å². The zero-order chi connectivity index (χ0) is 22.8. The van der Waals surface area contributed by atoms with Crippen LogP contribution in [0.15, 0.2) is 49.1 Å². The van der Waals surface area contributed by atoms with Gasteiger partial charge in [0.1, 0.15) is 11.3 Å². The summed E-state index contributed by atoms with van der Waals surface area (Å²) in [7, 11) is 4.16. The van der Waals surface area contributed by atoms with Gasteiger partial charge in [0.15, 0.2) is 0 Å². The molecule has 3 heterocycles. The van der Waals surface area contributed by atoms with E-state index in [1.165, 1.54) is 17.7 Å². The minimum absolute atomic E-state index is 0.108. The Morgan fingerprint density at radius 3 is 3.06 bits per heavy atom. The summed E-state index contributed by atoms with van der Waals surface area (Å²) in [6.45, 7) is 1.22. The van der Waals surface area contributed by atoms with Crippen molar-refractivity contribution in [3.05, 3.63) is 77.4 Å². The molecule has 1 aromatic carbocycles. The van der Waals surface area contributed by atoms with Gasteiger partial charge in [-0.1, -0.05) is 12.1 Å². The third-order valence-electron chi connectivity index (χ3n) is 6.57. The number of carbonyl (C=O) groups is 1. The molecule has 0 saturated heterocycles. The van der Waals surface area contributed by atoms with Gasteiger partial charge in [0, 0.05) is 38.1 Å². The summed E-state index contributed by atoms with van der Waals surface area (Å²) in [5.74, 6) is 0.830. The lowest BCUT2D eigenvalue weighted by Crippen LogP contribution is -2.29. The molecule has 1 atom stereocenters. The third-order valence-corrected chi connectivity index (χ3v) is 6.57. The van der Waals surface area contributed by atoms with Crippen LogP contribution in [0.5, 0.6) is 0 Å². The van der Waals surface area contributed by atoms with E-state index in [2.05, 4.69) is 42.8 Å². The minimum atomic E-state index is -0.108. The van der Waals surface area contributed by atoms with Crippen LogP contribution in [0.1, 0.15) is 52.0 Å². The number of aryl methyl sites for hydroxylation is 2. The number of benzene rings is 1. The van der Waals surface area contributed by atoms with Crippen molar-refractivity contribution in [1.29, 1.82) is 0 Å². The lowest BCUT2D eigenvalue weighted by molar-refractivity contribution is 0.0955. The molecule has 0 fully saturated rings. The lowest BCUT2D eigenvalue weighted by Gasteiger charge is -2.32. The second kappa shape index (κ2) is 9.15. The summed E-state index contributed by atoms with van der Waals surface area (Å²) in [6, 6.07) is 10.3. The maximum absolute atomic E-state index is 12.9. The monoisotopic (exact) mass is 443 g/mol. The summed E-state index contributed by atoms with van der Waals surface area (Å²) >= 11 is 0. The second-order valence-corrected chi connectivity index (χ2v) is 8.71. The fourth-order valence-corrected chi connectivity index (χ4v) is 4.76. The van der Waals surface area contributed by atoms with Crippen molar-refractivity contribution in [1.82, 2.24) is 34.7 Å². The summed E-state index contributed by atoms with van der Waals surface area (Å²) in [4.78, 5) is 31.9. The number of H-pyrrole nitrogens is 1. The molecule has 1 unspecified atom stereocenters. The molecule has 2 N–H and O–H groups in total. The first-order chi connectivity index (χ1) is 16.1. The van der Waals surface area contributed by atoms with E-state index in [-0.39, 0.29) is 11.9 Å². The molecule has 0 aliphatic heterocycles. The number of imidazole rings is 2. The minimum Gasteiger partial charge on any atom is -0.352 e. The molecule has 1 amide bonds. The number of pyridine rings is 1. The summed E-state index contributed by atoms with van der Waals surface area (Å²) in [5.41, 5.74) is 5.83. The van der Waals surface area contributed by atoms with Gasteiger partial charge in [0.25, 0.3) is 5.91 Å². The van der Waals surface area contributed by atoms with Crippen LogP contribution in [0.2, 0.25) is 0 Å². The number of amides is 1. The predicted molar refractivity (Wildman–Crippen MR) is 127 cm³/mol. The number of para-hydroxylation sites is 1. The van der Waals surface area contributed by atoms with E-state index in [4.69, 9.17) is 4.98 Å². The zero-order valence-electron chi connectivity index (χ0n) is 19.1. The van der Waals surface area contributed by atoms with Crippen LogP contribution in [-0.4, -0.2) is 48.9 Å². The van der Waals surface area contributed by atoms with Crippen LogP contribution in [0.4, 0.5) is 0 Å². The molecule has 0 spiro atoms. The summed E-state index contributed by atoms with van der Waals surface area (Å²) in [5, 5.41) is 3.01. The van der Waals surface area contributed by atoms with E-state index >= 15 is 0 Å². The first kappa shape index (κ1) is 21.3. The van der Waals surface area contributed by atoms with Crippen molar-refractivity contribution >= 4 is 16.9 Å². The highest BCUT2D eigenvalue weighted by Crippen LogP contribution is 2.33. The zero-order valence-corrected chi connectivity index (χ0v) is 19.1. The van der Waals surface area contributed by atoms with Crippen LogP contribution >= 0.6 is 0 Å². The Labute approximate surface area is 193 Å². The Hall–Kier alpha value is -3.52. The number of rotatable bonds is 7. The maximum Gasteiger partial charge on any atom is 0.253 e. The fourth-order valence-electron chi connectivity index (χ4n) is 4.76. The number of aromatic amines is 1. The number of nitrogens with zero attached hydrogens (tertiary/aromatic N) is 5. The number of hydrogen-bond donors (Lipinski definition) is 2. The number of aromatic nitrogens is 5. The third kappa shape index (κ3) is 4.26. The molecular weight excluding hydrogens is 414 g/mol. The van der Waals surface area contributed by atoms with Crippen LogP contribution in [0.25, 0.3) is 11.0 Å². The van der Waals surface area contributed by atoms with E-state index in [0.29, 0.717) is 25.1 Å². The van der Waals surface area contributed by atoms with Gasteiger partial charge in [-0.25, -0.2) is 9.97 Å². The standard InChI is InChI=1S/C25H29N7O/c1-31(20-9-3-6-17-7-5-12-27-23(17)20)15-22-30-24-19(8-4-10-21(24)32(22)2)25(33)28-13-11-18-14-26-16-29-18/h4-5,7-8,10,12,14,16,20H,3,6,9,11,13,15H2,1-2H3,(H,26,29)(H,28,33). The van der Waals surface area contributed by atoms with Gasteiger partial charge in [-0.3, -0.25) is 14.7 Å². The van der Waals surface area contributed by atoms with Crippen molar-refractivity contribution in [2.75, 3.05) is 13.6 Å². The van der Waals surface area contributed by atoms with Crippen LogP contribution in [-0.2, 0) is 26.4 Å². The SMILES string of the molecule is CN(Cc1nc2c(C(=O)NCCc3cnc[nH]3)cccc2n1C)C1CCCc2cccnc21. The largest absolute Gasteiger partial charge is 0.352 e. The highest BCUT2D eigenvalue weighted by atomic mass is 16.1. The van der Waals surface area contributed by atoms with Crippen molar-refractivity contribution in [2.24, 2.45) is 7.05 Å². The molecule has 8 nitrogen and oxygen atoms in total. The van der Waals surface area contributed by atoms with Gasteiger partial charge in [-0.2, -0.15) is 0 Å². The van der Waals surface area contributed by atoms with E-state index in [1.54, 1.807) is 12.5 Å². The molecule has 4 aromatic rings. The predicted octanol–water partition coefficient (Wildman–Crippen LogP) is 3.17. The Kier molecular flexibility index (Phi) is 5.92. The number of hydrogen-bond acceptors (Lipinski definition) is 5. The second-order valence-electron chi connectivity index (χ2n) is 8.71. The molecule has 8 heteroatoms. The summed E-state index contributed by atoms with van der Waals surface area (Å²) < 4.78 is 2.09. The van der Waals surface area contributed by atoms with Crippen LogP contribution < -0.4 is 5.32 Å². The first-order valence-corrected chi connectivity index (χ1v) is 11.5. The maximum atomic E-state index is 12.9. The van der Waals surface area contributed by atoms with Gasteiger partial charge in [-0.15, -0.1) is 0 Å². The molecule has 1 aliphatic carbocycles. The highest BCUT2D eigenvalue weighted by molar-refractivity contribution is 6.05. The van der Waals surface area contributed by atoms with Crippen LogP contribution in [0.3, 0.4) is 0 Å². The smallest absolute Gasteiger partial charge is 0.253 e. The van der Waals surface area contributed by atoms with E-state index in [1.807, 2.05) is 37.5 Å². The molecule has 170 valence electrons. The Morgan fingerprint density at radius 2 is 2.21 bits per heavy atom. The number of fused-ring (bicyclic) bond motifs is 2. The number of carbonyl (C=O) groups excluding carboxylic acids is 1. The molecule has 0 saturated carbocycles. The van der Waals surface area contributed by atoms with Crippen molar-refractivity contribution < 1.29 is 4.79 Å². The van der Waals surface area contributed by atoms with Crippen LogP contribution in [0, 0.1) is 0 Å². The van der Waals surface area contributed by atoms with Gasteiger partial charge in [0.05, 0.1) is 35.7 Å². The average Bonchev–Trinajstić information content (AvgIpc) is 3.46. The lowest BCUT2D eigenvalue weighted by atomic mass is 9.91. The quantitative estimate of drug-likeness (QED) is 0.458. The van der Waals surface area contributed by atoms with Gasteiger partial charge >= 0.3 is 0 Å². The van der Waals surface area contributed by atoms with E-state index < -0.39 is 0 Å². The topological polar surface area (TPSA) is 91.7 Å². The summed E-state index contributed by atoms with van der Waals surface area (Å²) in [6.07, 6.45) is 9.36. The van der Waals surface area contributed by atoms with Gasteiger partial charge < -0.3 is 14.9 Å². The Bertz CT molecular complexity index is 1260. The first-order valence-electron chi connectivity index (χ1n) is 11.5. The number of nitrogens with one attached hydrogen (secondary N) is 2. The van der Waals surface area contributed by atoms with Crippen molar-refractivity contribution in [3.63, 3.8) is 0 Å². The molecule has 1 aliphatic rings. The van der Waals surface area contributed by atoms with Crippen molar-refractivity contribution in [3.8, 4) is 0 Å². The Morgan fingerprint density at radius 1 is 1.30 bits per heavy atom. The van der Waals surface area contributed by atoms with Crippen molar-refractivity contribution in [2.45, 2.75) is 38.3 Å². The van der Waals surface area contributed by atoms with E-state index in [0.717, 1.165) is 35.4 Å². The molecule has 5 rings (SSSR count). The molecular formula is C25H29N7O. The Balaban J connectivity index is 1.35.